The van der Waals surface area contributed by atoms with Crippen LogP contribution in [0.4, 0.5) is 0 Å². The van der Waals surface area contributed by atoms with E-state index in [4.69, 9.17) is 0 Å². The lowest BCUT2D eigenvalue weighted by Crippen LogP contribution is -2.45. The van der Waals surface area contributed by atoms with Crippen molar-refractivity contribution in [3.8, 4) is 0 Å². The minimum absolute atomic E-state index is 0.240. The monoisotopic (exact) mass is 398 g/mol. The van der Waals surface area contributed by atoms with Crippen LogP contribution in [0.25, 0.3) is 0 Å². The molecule has 0 radical (unpaired) electrons. The first kappa shape index (κ1) is 21.8. The van der Waals surface area contributed by atoms with E-state index in [0.29, 0.717) is 23.3 Å². The van der Waals surface area contributed by atoms with E-state index >= 15 is 0 Å². The molecule has 4 nitrogen and oxygen atoms in total. The fourth-order valence-corrected chi connectivity index (χ4v) is 5.97. The Kier molecular flexibility index (Phi) is 6.33. The zero-order valence-electron chi connectivity index (χ0n) is 18.2. The van der Waals surface area contributed by atoms with E-state index in [-0.39, 0.29) is 5.41 Å². The first-order chi connectivity index (χ1) is 13.7. The zero-order valence-corrected chi connectivity index (χ0v) is 18.2. The van der Waals surface area contributed by atoms with Gasteiger partial charge < -0.3 is 9.84 Å². The molecule has 4 heteroatoms. The summed E-state index contributed by atoms with van der Waals surface area (Å²) in [6.07, 6.45) is 13.9. The Balaban J connectivity index is 1.72. The van der Waals surface area contributed by atoms with Gasteiger partial charge >= 0.3 is 5.97 Å². The van der Waals surface area contributed by atoms with E-state index in [1.165, 1.54) is 43.8 Å². The molecule has 158 valence electrons. The predicted octanol–water partition coefficient (Wildman–Crippen LogP) is 5.19. The molecule has 0 aromatic carbocycles. The summed E-state index contributed by atoms with van der Waals surface area (Å²) in [5.41, 5.74) is 4.82. The van der Waals surface area contributed by atoms with Crippen LogP contribution in [0.15, 0.2) is 46.6 Å². The maximum atomic E-state index is 11.6. The van der Waals surface area contributed by atoms with Crippen molar-refractivity contribution in [3.05, 3.63) is 46.6 Å². The highest BCUT2D eigenvalue weighted by Gasteiger charge is 2.49. The number of ether oxygens (including phenoxy) is 1. The average molecular weight is 399 g/mol. The second-order valence-electron chi connectivity index (χ2n) is 9.76. The van der Waals surface area contributed by atoms with Crippen molar-refractivity contribution in [1.29, 1.82) is 0 Å². The van der Waals surface area contributed by atoms with Gasteiger partial charge in [-0.1, -0.05) is 56.6 Å². The Hall–Kier alpha value is -1.94. The highest BCUT2D eigenvalue weighted by Crippen LogP contribution is 2.60. The molecule has 3 rings (SSSR count). The summed E-state index contributed by atoms with van der Waals surface area (Å²) in [7, 11) is 0. The molecule has 0 bridgehead atoms. The molecule has 2 aliphatic carbocycles. The molecule has 1 saturated carbocycles. The number of rotatable bonds is 6. The summed E-state index contributed by atoms with van der Waals surface area (Å²) in [4.78, 5) is 22.8. The van der Waals surface area contributed by atoms with Crippen LogP contribution in [0.1, 0.15) is 72.6 Å². The van der Waals surface area contributed by atoms with E-state index in [2.05, 4.69) is 32.4 Å². The fraction of sp³-hybridized carbons (Fsp3) is 0.600. The van der Waals surface area contributed by atoms with Crippen molar-refractivity contribution in [3.63, 3.8) is 0 Å². The Morgan fingerprint density at radius 3 is 2.72 bits per heavy atom. The normalized spacial score (nSPS) is 32.2. The van der Waals surface area contributed by atoms with Gasteiger partial charge in [0.25, 0.3) is 0 Å². The van der Waals surface area contributed by atoms with Gasteiger partial charge in [-0.2, -0.15) is 0 Å². The number of aliphatic hydroxyl groups is 1. The molecule has 29 heavy (non-hydrogen) atoms. The number of esters is 1. The van der Waals surface area contributed by atoms with Crippen LogP contribution >= 0.6 is 0 Å². The van der Waals surface area contributed by atoms with Gasteiger partial charge in [0.15, 0.2) is 0 Å². The van der Waals surface area contributed by atoms with E-state index in [1.54, 1.807) is 23.8 Å². The average Bonchev–Trinajstić information content (AvgIpc) is 2.96. The van der Waals surface area contributed by atoms with Crippen LogP contribution in [-0.2, 0) is 14.3 Å². The first-order valence-corrected chi connectivity index (χ1v) is 10.8. The van der Waals surface area contributed by atoms with E-state index in [0.717, 1.165) is 18.3 Å². The maximum absolute atomic E-state index is 11.6. The molecule has 1 fully saturated rings. The van der Waals surface area contributed by atoms with Gasteiger partial charge in [0.1, 0.15) is 6.29 Å². The number of aldehydes is 1. The van der Waals surface area contributed by atoms with Gasteiger partial charge in [-0.25, -0.2) is 4.79 Å². The van der Waals surface area contributed by atoms with Gasteiger partial charge in [-0.05, 0) is 67.8 Å². The van der Waals surface area contributed by atoms with Crippen LogP contribution in [0.2, 0.25) is 0 Å². The number of aliphatic hydroxyl groups excluding tert-OH is 1. The lowest BCUT2D eigenvalue weighted by molar-refractivity contribution is -0.150. The minimum atomic E-state index is -1.21. The highest BCUT2D eigenvalue weighted by atomic mass is 16.6. The van der Waals surface area contributed by atoms with Crippen LogP contribution in [-0.4, -0.2) is 23.7 Å². The second-order valence-corrected chi connectivity index (χ2v) is 9.76. The van der Waals surface area contributed by atoms with Gasteiger partial charge in [-0.15, -0.1) is 0 Å². The first-order valence-electron chi connectivity index (χ1n) is 10.8. The molecule has 0 aromatic rings. The van der Waals surface area contributed by atoms with E-state index < -0.39 is 12.3 Å². The van der Waals surface area contributed by atoms with Crippen molar-refractivity contribution >= 4 is 12.3 Å². The molecule has 1 N–H and O–H groups in total. The lowest BCUT2D eigenvalue weighted by atomic mass is 9.50. The number of carbonyl (C=O) groups excluding carboxylic acids is 2. The summed E-state index contributed by atoms with van der Waals surface area (Å²) in [6, 6.07) is 0. The molecule has 3 aliphatic rings. The molecule has 1 unspecified atom stereocenters. The second kappa shape index (κ2) is 8.43. The summed E-state index contributed by atoms with van der Waals surface area (Å²) < 4.78 is 4.65. The quantitative estimate of drug-likeness (QED) is 0.220. The summed E-state index contributed by atoms with van der Waals surface area (Å²) in [5, 5.41) is 9.61. The smallest absolute Gasteiger partial charge is 0.333 e. The largest absolute Gasteiger partial charge is 0.428 e. The molecular weight excluding hydrogens is 364 g/mol. The number of fused-ring (bicyclic) bond motifs is 1. The molecule has 1 heterocycles. The van der Waals surface area contributed by atoms with Crippen LogP contribution in [0, 0.1) is 16.7 Å². The molecule has 0 spiro atoms. The van der Waals surface area contributed by atoms with Crippen LogP contribution in [0.5, 0.6) is 0 Å². The molecule has 0 saturated heterocycles. The topological polar surface area (TPSA) is 63.6 Å². The maximum Gasteiger partial charge on any atom is 0.333 e. The SMILES string of the molecule is CC1=C(CC/C(C=O)=C\C=C\C2=CC(=O)OC2O)[C@@]2(C)CCCC(C)(C)[C@@H]2CC1. The van der Waals surface area contributed by atoms with Crippen LogP contribution in [0.3, 0.4) is 0 Å². The third kappa shape index (κ3) is 4.48. The number of hydrogen-bond acceptors (Lipinski definition) is 4. The molecule has 1 aliphatic heterocycles. The molecule has 0 aromatic heterocycles. The van der Waals surface area contributed by atoms with E-state index in [1.807, 2.05) is 0 Å². The standard InChI is InChI=1S/C25H34O4/c1-17-9-12-21-24(2,3)13-6-14-25(21,4)20(17)11-10-18(16-26)7-5-8-19-15-22(27)29-23(19)28/h5,7-8,15-16,21,23,28H,6,9-14H2,1-4H3/b8-5+,18-7+/t21-,23?,25+/m0/s1. The predicted molar refractivity (Wildman–Crippen MR) is 114 cm³/mol. The van der Waals surface area contributed by atoms with E-state index in [9.17, 15) is 14.7 Å². The Morgan fingerprint density at radius 1 is 1.31 bits per heavy atom. The summed E-state index contributed by atoms with van der Waals surface area (Å²) in [6.45, 7) is 9.57. The highest BCUT2D eigenvalue weighted by molar-refractivity contribution is 5.86. The molecular formula is C25H34O4. The Bertz CT molecular complexity index is 796. The van der Waals surface area contributed by atoms with Gasteiger partial charge in [0.2, 0.25) is 6.29 Å². The van der Waals surface area contributed by atoms with Gasteiger partial charge in [0, 0.05) is 11.6 Å². The lowest BCUT2D eigenvalue weighted by Gasteiger charge is -2.55. The molecule has 0 amide bonds. The minimum Gasteiger partial charge on any atom is -0.428 e. The summed E-state index contributed by atoms with van der Waals surface area (Å²) in [5.74, 6) is 0.161. The van der Waals surface area contributed by atoms with Crippen molar-refractivity contribution < 1.29 is 19.4 Å². The third-order valence-corrected chi connectivity index (χ3v) is 7.45. The van der Waals surface area contributed by atoms with Crippen molar-refractivity contribution in [1.82, 2.24) is 0 Å². The Morgan fingerprint density at radius 2 is 2.07 bits per heavy atom. The van der Waals surface area contributed by atoms with Crippen molar-refractivity contribution in [2.45, 2.75) is 78.9 Å². The third-order valence-electron chi connectivity index (χ3n) is 7.45. The van der Waals surface area contributed by atoms with Crippen molar-refractivity contribution in [2.75, 3.05) is 0 Å². The number of hydrogen-bond donors (Lipinski definition) is 1. The van der Waals surface area contributed by atoms with Crippen LogP contribution < -0.4 is 0 Å². The van der Waals surface area contributed by atoms with Gasteiger partial charge in [0.05, 0.1) is 0 Å². The Labute approximate surface area is 174 Å². The fourth-order valence-electron chi connectivity index (χ4n) is 5.97. The summed E-state index contributed by atoms with van der Waals surface area (Å²) >= 11 is 0. The van der Waals surface area contributed by atoms with Crippen molar-refractivity contribution in [2.24, 2.45) is 16.7 Å². The number of allylic oxidation sites excluding steroid dienone is 5. The zero-order chi connectivity index (χ0) is 21.2. The number of carbonyl (C=O) groups is 2. The number of cyclic esters (lactones) is 1. The van der Waals surface area contributed by atoms with Gasteiger partial charge in [-0.3, -0.25) is 4.79 Å². The molecule has 3 atom stereocenters.